The number of amides is 2. The molecule has 1 aliphatic heterocycles. The highest BCUT2D eigenvalue weighted by Crippen LogP contribution is 2.31. The van der Waals surface area contributed by atoms with Crippen LogP contribution >= 0.6 is 0 Å². The highest BCUT2D eigenvalue weighted by atomic mass is 16.5. The topological polar surface area (TPSA) is 134 Å². The van der Waals surface area contributed by atoms with Gasteiger partial charge in [0.25, 0.3) is 0 Å². The predicted molar refractivity (Wildman–Crippen MR) is 194 cm³/mol. The molecule has 3 unspecified atom stereocenters. The summed E-state index contributed by atoms with van der Waals surface area (Å²) in [6, 6.07) is 31.9. The van der Waals surface area contributed by atoms with Gasteiger partial charge in [-0.2, -0.15) is 0 Å². The van der Waals surface area contributed by atoms with E-state index in [2.05, 4.69) is 15.5 Å². The third-order valence-corrected chi connectivity index (χ3v) is 9.58. The molecule has 2 amide bonds. The zero-order valence-corrected chi connectivity index (χ0v) is 29.2. The van der Waals surface area contributed by atoms with E-state index in [9.17, 15) is 24.3 Å². The number of phenols is 1. The smallest absolute Gasteiger partial charge is 0.331 e. The van der Waals surface area contributed by atoms with Crippen LogP contribution in [0.1, 0.15) is 60.8 Å². The van der Waals surface area contributed by atoms with Gasteiger partial charge in [0.2, 0.25) is 11.8 Å². The Morgan fingerprint density at radius 3 is 2.02 bits per heavy atom. The summed E-state index contributed by atoms with van der Waals surface area (Å²) in [4.78, 5) is 55.4. The van der Waals surface area contributed by atoms with Crippen LogP contribution in [0.25, 0.3) is 0 Å². The van der Waals surface area contributed by atoms with Gasteiger partial charge in [0.1, 0.15) is 23.9 Å². The van der Waals surface area contributed by atoms with Gasteiger partial charge in [-0.3, -0.25) is 9.59 Å². The SMILES string of the molecule is COC(=O)C1(NC(=O)C(C)c2ccccc2)CCN(c2cccc(C(C)C(=O)NC(Cc3ccc(O)cc3)C(=O)OCc3ccccc3)c2)CC1. The van der Waals surface area contributed by atoms with E-state index < -0.39 is 35.4 Å². The minimum absolute atomic E-state index is 0.0715. The number of benzene rings is 4. The van der Waals surface area contributed by atoms with Gasteiger partial charge in [-0.1, -0.05) is 84.9 Å². The first-order valence-corrected chi connectivity index (χ1v) is 17.2. The summed E-state index contributed by atoms with van der Waals surface area (Å²) in [6.45, 7) is 4.62. The Bertz CT molecular complexity index is 1790. The summed E-state index contributed by atoms with van der Waals surface area (Å²) < 4.78 is 10.8. The molecule has 1 aliphatic rings. The molecule has 266 valence electrons. The maximum atomic E-state index is 13.7. The number of phenolic OH excluding ortho intramolecular Hbond substituents is 1. The number of anilines is 1. The molecule has 10 nitrogen and oxygen atoms in total. The van der Waals surface area contributed by atoms with Crippen molar-refractivity contribution in [3.63, 3.8) is 0 Å². The van der Waals surface area contributed by atoms with Crippen molar-refractivity contribution in [3.8, 4) is 5.75 Å². The Morgan fingerprint density at radius 2 is 1.37 bits per heavy atom. The fraction of sp³-hybridized carbons (Fsp3) is 0.317. The van der Waals surface area contributed by atoms with Crippen LogP contribution in [0.4, 0.5) is 5.69 Å². The fourth-order valence-electron chi connectivity index (χ4n) is 6.29. The number of aromatic hydroxyl groups is 1. The third kappa shape index (κ3) is 9.33. The van der Waals surface area contributed by atoms with Gasteiger partial charge in [0.15, 0.2) is 0 Å². The van der Waals surface area contributed by atoms with Crippen molar-refractivity contribution in [3.05, 3.63) is 131 Å². The van der Waals surface area contributed by atoms with Gasteiger partial charge in [-0.25, -0.2) is 9.59 Å². The molecule has 1 fully saturated rings. The quantitative estimate of drug-likeness (QED) is 0.159. The number of piperidine rings is 1. The molecular weight excluding hydrogens is 646 g/mol. The van der Waals surface area contributed by atoms with E-state index in [-0.39, 0.29) is 30.6 Å². The average Bonchev–Trinajstić information content (AvgIpc) is 3.17. The van der Waals surface area contributed by atoms with Crippen LogP contribution in [0.15, 0.2) is 109 Å². The maximum Gasteiger partial charge on any atom is 0.331 e. The van der Waals surface area contributed by atoms with Crippen molar-refractivity contribution in [1.29, 1.82) is 0 Å². The Hall–Kier alpha value is -5.64. The van der Waals surface area contributed by atoms with Crippen LogP contribution < -0.4 is 15.5 Å². The molecule has 0 radical (unpaired) electrons. The van der Waals surface area contributed by atoms with Crippen LogP contribution in [0, 0.1) is 0 Å². The molecule has 0 aliphatic carbocycles. The van der Waals surface area contributed by atoms with Crippen LogP contribution in [0.2, 0.25) is 0 Å². The second kappa shape index (κ2) is 16.8. The van der Waals surface area contributed by atoms with Crippen molar-refractivity contribution < 1.29 is 33.8 Å². The van der Waals surface area contributed by atoms with Gasteiger partial charge in [0, 0.05) is 25.2 Å². The standard InChI is InChI=1S/C41H45N3O7/c1-28(32-13-8-5-9-14-32)38(47)43-41(40(49)50-3)21-23-44(24-22-41)34-16-10-15-33(26-34)29(2)37(46)42-36(25-30-17-19-35(45)20-18-30)39(48)51-27-31-11-6-4-7-12-31/h4-20,26,28-29,36,45H,21-25,27H2,1-3H3,(H,42,46)(H,43,47). The van der Waals surface area contributed by atoms with Gasteiger partial charge in [-0.05, 0) is 73.2 Å². The summed E-state index contributed by atoms with van der Waals surface area (Å²) in [7, 11) is 1.33. The lowest BCUT2D eigenvalue weighted by Gasteiger charge is -2.41. The summed E-state index contributed by atoms with van der Waals surface area (Å²) in [6.07, 6.45) is 0.872. The molecule has 51 heavy (non-hydrogen) atoms. The Kier molecular flexibility index (Phi) is 12.1. The van der Waals surface area contributed by atoms with Crippen LogP contribution in [0.5, 0.6) is 5.75 Å². The Labute approximate surface area is 298 Å². The van der Waals surface area contributed by atoms with Gasteiger partial charge < -0.3 is 30.1 Å². The van der Waals surface area contributed by atoms with Crippen LogP contribution in [-0.2, 0) is 41.7 Å². The number of esters is 2. The Morgan fingerprint density at radius 1 is 0.765 bits per heavy atom. The number of ether oxygens (including phenoxy) is 2. The van der Waals surface area contributed by atoms with E-state index >= 15 is 0 Å². The number of methoxy groups -OCH3 is 1. The van der Waals surface area contributed by atoms with E-state index in [1.54, 1.807) is 19.1 Å². The van der Waals surface area contributed by atoms with Crippen LogP contribution in [-0.4, -0.2) is 60.6 Å². The number of carbonyl (C=O) groups is 4. The largest absolute Gasteiger partial charge is 0.508 e. The second-order valence-electron chi connectivity index (χ2n) is 13.0. The molecule has 0 spiro atoms. The fourth-order valence-corrected chi connectivity index (χ4v) is 6.29. The molecule has 0 bridgehead atoms. The molecule has 3 N–H and O–H groups in total. The van der Waals surface area contributed by atoms with Crippen molar-refractivity contribution in [2.45, 2.75) is 63.1 Å². The number of hydrogen-bond donors (Lipinski definition) is 3. The zero-order valence-electron chi connectivity index (χ0n) is 29.2. The number of hydrogen-bond acceptors (Lipinski definition) is 8. The van der Waals surface area contributed by atoms with Crippen molar-refractivity contribution in [2.24, 2.45) is 0 Å². The lowest BCUT2D eigenvalue weighted by molar-refractivity contribution is -0.152. The minimum Gasteiger partial charge on any atom is -0.508 e. The van der Waals surface area contributed by atoms with E-state index in [0.717, 1.165) is 27.9 Å². The average molecular weight is 692 g/mol. The molecule has 4 aromatic rings. The summed E-state index contributed by atoms with van der Waals surface area (Å²) in [5.41, 5.74) is 2.91. The molecule has 3 atom stereocenters. The molecule has 0 saturated carbocycles. The highest BCUT2D eigenvalue weighted by Gasteiger charge is 2.44. The summed E-state index contributed by atoms with van der Waals surface area (Å²) in [5, 5.41) is 15.6. The molecule has 1 heterocycles. The minimum atomic E-state index is -1.15. The second-order valence-corrected chi connectivity index (χ2v) is 13.0. The van der Waals surface area contributed by atoms with E-state index in [4.69, 9.17) is 9.47 Å². The normalized spacial score (nSPS) is 15.5. The van der Waals surface area contributed by atoms with E-state index in [1.165, 1.54) is 19.2 Å². The van der Waals surface area contributed by atoms with E-state index in [0.29, 0.717) is 25.9 Å². The lowest BCUT2D eigenvalue weighted by Crippen LogP contribution is -2.61. The molecule has 10 heteroatoms. The third-order valence-electron chi connectivity index (χ3n) is 9.58. The molecule has 4 aromatic carbocycles. The Balaban J connectivity index is 1.25. The first-order valence-electron chi connectivity index (χ1n) is 17.2. The summed E-state index contributed by atoms with van der Waals surface area (Å²) >= 11 is 0. The number of rotatable bonds is 13. The lowest BCUT2D eigenvalue weighted by atomic mass is 9.85. The van der Waals surface area contributed by atoms with Crippen molar-refractivity contribution in [1.82, 2.24) is 10.6 Å². The monoisotopic (exact) mass is 691 g/mol. The molecule has 1 saturated heterocycles. The van der Waals surface area contributed by atoms with E-state index in [1.807, 2.05) is 91.9 Å². The highest BCUT2D eigenvalue weighted by molar-refractivity contribution is 5.91. The number of nitrogens with one attached hydrogen (secondary N) is 2. The predicted octanol–water partition coefficient (Wildman–Crippen LogP) is 5.40. The maximum absolute atomic E-state index is 13.7. The van der Waals surface area contributed by atoms with Crippen LogP contribution in [0.3, 0.4) is 0 Å². The molecule has 5 rings (SSSR count). The zero-order chi connectivity index (χ0) is 36.4. The van der Waals surface area contributed by atoms with Gasteiger partial charge in [-0.15, -0.1) is 0 Å². The number of carbonyl (C=O) groups excluding carboxylic acids is 4. The molecular formula is C41H45N3O7. The van der Waals surface area contributed by atoms with Gasteiger partial charge >= 0.3 is 11.9 Å². The van der Waals surface area contributed by atoms with Crippen molar-refractivity contribution >= 4 is 29.4 Å². The first-order chi connectivity index (χ1) is 24.6. The summed E-state index contributed by atoms with van der Waals surface area (Å²) in [5.74, 6) is -2.56. The molecule has 0 aromatic heterocycles. The van der Waals surface area contributed by atoms with Crippen molar-refractivity contribution in [2.75, 3.05) is 25.1 Å². The number of nitrogens with zero attached hydrogens (tertiary/aromatic N) is 1. The first kappa shape index (κ1) is 36.6. The van der Waals surface area contributed by atoms with Gasteiger partial charge in [0.05, 0.1) is 18.9 Å².